The molecule has 5 heteroatoms. The lowest BCUT2D eigenvalue weighted by atomic mass is 10.1. The van der Waals surface area contributed by atoms with Crippen LogP contribution in [-0.4, -0.2) is 45.4 Å². The van der Waals surface area contributed by atoms with E-state index in [0.29, 0.717) is 18.5 Å². The van der Waals surface area contributed by atoms with Gasteiger partial charge in [0.05, 0.1) is 28.7 Å². The Kier molecular flexibility index (Phi) is 4.98. The molecule has 0 fully saturated rings. The molecule has 0 radical (unpaired) electrons. The third-order valence-corrected chi connectivity index (χ3v) is 3.73. The lowest BCUT2D eigenvalue weighted by Gasteiger charge is -2.18. The van der Waals surface area contributed by atoms with E-state index >= 15 is 0 Å². The van der Waals surface area contributed by atoms with E-state index in [4.69, 9.17) is 0 Å². The van der Waals surface area contributed by atoms with Crippen molar-refractivity contribution in [3.8, 4) is 5.69 Å². The molecule has 1 aromatic heterocycles. The van der Waals surface area contributed by atoms with Crippen LogP contribution >= 0.6 is 0 Å². The molecule has 1 N–H and O–H groups in total. The van der Waals surface area contributed by atoms with E-state index in [1.54, 1.807) is 23.6 Å². The number of benzene rings is 1. The quantitative estimate of drug-likeness (QED) is 0.922. The third-order valence-electron chi connectivity index (χ3n) is 3.73. The highest BCUT2D eigenvalue weighted by Gasteiger charge is 2.22. The summed E-state index contributed by atoms with van der Waals surface area (Å²) in [6, 6.07) is 9.77. The van der Waals surface area contributed by atoms with Crippen molar-refractivity contribution in [2.24, 2.45) is 0 Å². The smallest absolute Gasteiger partial charge is 0.257 e. The van der Waals surface area contributed by atoms with Crippen LogP contribution in [0.5, 0.6) is 0 Å². The Bertz CT molecular complexity index is 647. The molecule has 1 heterocycles. The first-order chi connectivity index (χ1) is 10.4. The minimum Gasteiger partial charge on any atom is -0.393 e. The Morgan fingerprint density at radius 3 is 2.55 bits per heavy atom. The molecule has 5 nitrogen and oxygen atoms in total. The van der Waals surface area contributed by atoms with Crippen LogP contribution in [0.25, 0.3) is 5.69 Å². The first kappa shape index (κ1) is 16.2. The van der Waals surface area contributed by atoms with Gasteiger partial charge in [0.1, 0.15) is 0 Å². The lowest BCUT2D eigenvalue weighted by Crippen LogP contribution is -2.30. The Hall–Kier alpha value is -2.14. The van der Waals surface area contributed by atoms with Crippen molar-refractivity contribution in [3.63, 3.8) is 0 Å². The Morgan fingerprint density at radius 1 is 1.32 bits per heavy atom. The van der Waals surface area contributed by atoms with Gasteiger partial charge in [-0.2, -0.15) is 5.10 Å². The average molecular weight is 301 g/mol. The summed E-state index contributed by atoms with van der Waals surface area (Å²) in [5.74, 6) is -0.0576. The maximum atomic E-state index is 12.6. The molecule has 22 heavy (non-hydrogen) atoms. The van der Waals surface area contributed by atoms with E-state index in [1.165, 1.54) is 0 Å². The molecule has 0 saturated carbocycles. The van der Waals surface area contributed by atoms with Crippen molar-refractivity contribution >= 4 is 5.91 Å². The molecule has 0 saturated heterocycles. The largest absolute Gasteiger partial charge is 0.393 e. The van der Waals surface area contributed by atoms with Crippen LogP contribution in [0, 0.1) is 13.8 Å². The van der Waals surface area contributed by atoms with E-state index in [9.17, 15) is 9.90 Å². The second-order valence-electron chi connectivity index (χ2n) is 5.66. The Morgan fingerprint density at radius 2 is 1.95 bits per heavy atom. The number of aryl methyl sites for hydroxylation is 1. The van der Waals surface area contributed by atoms with Crippen LogP contribution in [0.3, 0.4) is 0 Å². The molecule has 0 spiro atoms. The van der Waals surface area contributed by atoms with E-state index in [0.717, 1.165) is 17.1 Å². The zero-order valence-corrected chi connectivity index (χ0v) is 13.6. The first-order valence-corrected chi connectivity index (χ1v) is 7.47. The van der Waals surface area contributed by atoms with Gasteiger partial charge in [0.25, 0.3) is 5.91 Å². The van der Waals surface area contributed by atoms with Gasteiger partial charge in [-0.15, -0.1) is 0 Å². The standard InChI is InChI=1S/C17H23N3O2/c1-12(21)10-11-19(4)17(22)16-13(2)18-20(14(16)3)15-8-6-5-7-9-15/h5-9,12,21H,10-11H2,1-4H3. The molecular formula is C17H23N3O2. The summed E-state index contributed by atoms with van der Waals surface area (Å²) in [5.41, 5.74) is 3.12. The summed E-state index contributed by atoms with van der Waals surface area (Å²) in [5, 5.41) is 13.9. The third kappa shape index (κ3) is 3.36. The number of para-hydroxylation sites is 1. The molecule has 1 unspecified atom stereocenters. The van der Waals surface area contributed by atoms with Gasteiger partial charge in [-0.25, -0.2) is 4.68 Å². The molecule has 0 aliphatic carbocycles. The minimum absolute atomic E-state index is 0.0576. The van der Waals surface area contributed by atoms with Crippen molar-refractivity contribution in [3.05, 3.63) is 47.3 Å². The topological polar surface area (TPSA) is 58.4 Å². The van der Waals surface area contributed by atoms with Crippen LogP contribution in [0.4, 0.5) is 0 Å². The first-order valence-electron chi connectivity index (χ1n) is 7.47. The van der Waals surface area contributed by atoms with Gasteiger partial charge in [0.2, 0.25) is 0 Å². The number of aliphatic hydroxyl groups is 1. The fourth-order valence-electron chi connectivity index (χ4n) is 2.45. The highest BCUT2D eigenvalue weighted by molar-refractivity contribution is 5.96. The van der Waals surface area contributed by atoms with Crippen molar-refractivity contribution in [1.29, 1.82) is 0 Å². The van der Waals surface area contributed by atoms with Crippen molar-refractivity contribution in [2.75, 3.05) is 13.6 Å². The van der Waals surface area contributed by atoms with Crippen LogP contribution in [-0.2, 0) is 0 Å². The maximum Gasteiger partial charge on any atom is 0.257 e. The number of hydrogen-bond donors (Lipinski definition) is 1. The highest BCUT2D eigenvalue weighted by Crippen LogP contribution is 2.19. The maximum absolute atomic E-state index is 12.6. The van der Waals surface area contributed by atoms with Crippen LogP contribution < -0.4 is 0 Å². The predicted octanol–water partition coefficient (Wildman–Crippen LogP) is 2.33. The molecule has 1 aromatic carbocycles. The second-order valence-corrected chi connectivity index (χ2v) is 5.66. The van der Waals surface area contributed by atoms with E-state index in [2.05, 4.69) is 5.10 Å². The summed E-state index contributed by atoms with van der Waals surface area (Å²) in [4.78, 5) is 14.3. The van der Waals surface area contributed by atoms with Crippen molar-refractivity contribution < 1.29 is 9.90 Å². The SMILES string of the molecule is Cc1nn(-c2ccccc2)c(C)c1C(=O)N(C)CCC(C)O. The molecular weight excluding hydrogens is 278 g/mol. The second kappa shape index (κ2) is 6.75. The number of carbonyl (C=O) groups is 1. The molecule has 1 atom stereocenters. The molecule has 1 amide bonds. The number of hydrogen-bond acceptors (Lipinski definition) is 3. The van der Waals surface area contributed by atoms with Gasteiger partial charge in [0.15, 0.2) is 0 Å². The monoisotopic (exact) mass is 301 g/mol. The average Bonchev–Trinajstić information content (AvgIpc) is 2.80. The normalized spacial score (nSPS) is 12.2. The number of amides is 1. The molecule has 2 aromatic rings. The van der Waals surface area contributed by atoms with Crippen LogP contribution in [0.15, 0.2) is 30.3 Å². The predicted molar refractivity (Wildman–Crippen MR) is 86.3 cm³/mol. The van der Waals surface area contributed by atoms with Gasteiger partial charge < -0.3 is 10.0 Å². The lowest BCUT2D eigenvalue weighted by molar-refractivity contribution is 0.0767. The number of aromatic nitrogens is 2. The van der Waals surface area contributed by atoms with E-state index in [-0.39, 0.29) is 5.91 Å². The van der Waals surface area contributed by atoms with E-state index in [1.807, 2.05) is 44.2 Å². The Labute approximate surface area is 131 Å². The summed E-state index contributed by atoms with van der Waals surface area (Å²) in [7, 11) is 1.75. The van der Waals surface area contributed by atoms with Crippen molar-refractivity contribution in [2.45, 2.75) is 33.3 Å². The number of carbonyl (C=O) groups excluding carboxylic acids is 1. The number of aliphatic hydroxyl groups excluding tert-OH is 1. The van der Waals surface area contributed by atoms with Gasteiger partial charge in [-0.3, -0.25) is 4.79 Å². The summed E-state index contributed by atoms with van der Waals surface area (Å²) in [6.07, 6.45) is 0.150. The number of nitrogens with zero attached hydrogens (tertiary/aromatic N) is 3. The minimum atomic E-state index is -0.413. The van der Waals surface area contributed by atoms with Gasteiger partial charge >= 0.3 is 0 Å². The van der Waals surface area contributed by atoms with E-state index < -0.39 is 6.10 Å². The fraction of sp³-hybridized carbons (Fsp3) is 0.412. The molecule has 2 rings (SSSR count). The van der Waals surface area contributed by atoms with Crippen LogP contribution in [0.1, 0.15) is 35.1 Å². The Balaban J connectivity index is 2.29. The summed E-state index contributed by atoms with van der Waals surface area (Å²) in [6.45, 7) is 6.00. The van der Waals surface area contributed by atoms with Crippen molar-refractivity contribution in [1.82, 2.24) is 14.7 Å². The summed E-state index contributed by atoms with van der Waals surface area (Å²) >= 11 is 0. The molecule has 118 valence electrons. The summed E-state index contributed by atoms with van der Waals surface area (Å²) < 4.78 is 1.80. The van der Waals surface area contributed by atoms with Crippen LogP contribution in [0.2, 0.25) is 0 Å². The zero-order chi connectivity index (χ0) is 16.3. The van der Waals surface area contributed by atoms with Gasteiger partial charge in [0, 0.05) is 13.6 Å². The highest BCUT2D eigenvalue weighted by atomic mass is 16.3. The molecule has 0 aliphatic heterocycles. The van der Waals surface area contributed by atoms with Gasteiger partial charge in [-0.1, -0.05) is 18.2 Å². The number of rotatable bonds is 5. The van der Waals surface area contributed by atoms with Gasteiger partial charge in [-0.05, 0) is 39.3 Å². The fourth-order valence-corrected chi connectivity index (χ4v) is 2.45. The zero-order valence-electron chi connectivity index (χ0n) is 13.6. The molecule has 0 aliphatic rings. The molecule has 0 bridgehead atoms.